The topological polar surface area (TPSA) is 66.8 Å². The van der Waals surface area contributed by atoms with Crippen LogP contribution in [0.15, 0.2) is 29.4 Å². The number of carbonyl (C=O) groups excluding carboxylic acids is 1. The lowest BCUT2D eigenvalue weighted by Gasteiger charge is -2.33. The van der Waals surface area contributed by atoms with Crippen molar-refractivity contribution in [2.75, 3.05) is 33.8 Å². The van der Waals surface area contributed by atoms with Crippen molar-refractivity contribution in [3.8, 4) is 0 Å². The van der Waals surface area contributed by atoms with Crippen LogP contribution in [0.3, 0.4) is 0 Å². The van der Waals surface area contributed by atoms with Gasteiger partial charge in [-0.2, -0.15) is 0 Å². The van der Waals surface area contributed by atoms with Crippen molar-refractivity contribution >= 4 is 35.9 Å². The fourth-order valence-corrected chi connectivity index (χ4v) is 2.67. The van der Waals surface area contributed by atoms with E-state index in [1.54, 1.807) is 7.05 Å². The van der Waals surface area contributed by atoms with Crippen LogP contribution >= 0.6 is 24.0 Å². The molecule has 1 aromatic rings. The highest BCUT2D eigenvalue weighted by atomic mass is 127. The smallest absolute Gasteiger partial charge is 0.308 e. The summed E-state index contributed by atoms with van der Waals surface area (Å²) in [6, 6.07) is 5.93. The van der Waals surface area contributed by atoms with Crippen molar-refractivity contribution in [3.05, 3.63) is 30.1 Å². The first-order valence-corrected chi connectivity index (χ1v) is 7.68. The molecule has 0 saturated carbocycles. The molecule has 1 N–H and O–H groups in total. The molecule has 0 bridgehead atoms. The Kier molecular flexibility index (Phi) is 8.90. The van der Waals surface area contributed by atoms with E-state index in [9.17, 15) is 4.79 Å². The van der Waals surface area contributed by atoms with Gasteiger partial charge in [-0.3, -0.25) is 14.8 Å². The highest BCUT2D eigenvalue weighted by Crippen LogP contribution is 2.18. The number of hydrogen-bond acceptors (Lipinski definition) is 4. The number of piperidine rings is 1. The lowest BCUT2D eigenvalue weighted by molar-refractivity contribution is -0.146. The molecule has 1 aliphatic heterocycles. The third-order valence-corrected chi connectivity index (χ3v) is 3.93. The highest BCUT2D eigenvalue weighted by molar-refractivity contribution is 14.0. The van der Waals surface area contributed by atoms with E-state index >= 15 is 0 Å². The van der Waals surface area contributed by atoms with E-state index in [-0.39, 0.29) is 35.9 Å². The SMILES string of the molecule is CN=C(NCCc1ccccn1)N1CCC(C(=O)OC)CC1.I. The van der Waals surface area contributed by atoms with E-state index in [0.717, 1.165) is 50.6 Å². The molecular formula is C16H25IN4O2. The maximum Gasteiger partial charge on any atom is 0.308 e. The number of nitrogens with one attached hydrogen (secondary N) is 1. The largest absolute Gasteiger partial charge is 0.469 e. The molecular weight excluding hydrogens is 407 g/mol. The number of guanidine groups is 1. The zero-order valence-corrected chi connectivity index (χ0v) is 16.0. The second-order valence-corrected chi connectivity index (χ2v) is 5.33. The number of ether oxygens (including phenoxy) is 1. The fraction of sp³-hybridized carbons (Fsp3) is 0.562. The molecule has 1 aliphatic rings. The van der Waals surface area contributed by atoms with Gasteiger partial charge in [-0.25, -0.2) is 0 Å². The van der Waals surface area contributed by atoms with Gasteiger partial charge in [-0.15, -0.1) is 24.0 Å². The van der Waals surface area contributed by atoms with Gasteiger partial charge in [0.15, 0.2) is 5.96 Å². The molecule has 1 saturated heterocycles. The molecule has 0 radical (unpaired) electrons. The molecule has 6 nitrogen and oxygen atoms in total. The third-order valence-electron chi connectivity index (χ3n) is 3.93. The second kappa shape index (κ2) is 10.4. The Morgan fingerprint density at radius 2 is 2.17 bits per heavy atom. The Morgan fingerprint density at radius 1 is 1.43 bits per heavy atom. The summed E-state index contributed by atoms with van der Waals surface area (Å²) in [6.07, 6.45) is 4.29. The first-order chi connectivity index (χ1) is 10.7. The average Bonchev–Trinajstić information content (AvgIpc) is 2.59. The standard InChI is InChI=1S/C16H24N4O2.HI/c1-17-16(19-10-6-14-5-3-4-9-18-14)20-11-7-13(8-12-20)15(21)22-2;/h3-5,9,13H,6-8,10-12H2,1-2H3,(H,17,19);1H. The number of halogens is 1. The molecule has 0 unspecified atom stereocenters. The van der Waals surface area contributed by atoms with Crippen LogP contribution in [0.1, 0.15) is 18.5 Å². The van der Waals surface area contributed by atoms with Gasteiger partial charge in [0.05, 0.1) is 13.0 Å². The number of nitrogens with zero attached hydrogens (tertiary/aromatic N) is 3. The fourth-order valence-electron chi connectivity index (χ4n) is 2.67. The molecule has 0 aromatic carbocycles. The summed E-state index contributed by atoms with van der Waals surface area (Å²) in [7, 11) is 3.24. The van der Waals surface area contributed by atoms with Crippen molar-refractivity contribution in [1.29, 1.82) is 0 Å². The number of likely N-dealkylation sites (tertiary alicyclic amines) is 1. The van der Waals surface area contributed by atoms with Gasteiger partial charge in [0.25, 0.3) is 0 Å². The number of aromatic nitrogens is 1. The Morgan fingerprint density at radius 3 is 2.74 bits per heavy atom. The number of esters is 1. The maximum atomic E-state index is 11.5. The lowest BCUT2D eigenvalue weighted by Crippen LogP contribution is -2.47. The van der Waals surface area contributed by atoms with Crippen LogP contribution in [-0.2, 0) is 16.0 Å². The minimum absolute atomic E-state index is 0. The molecule has 128 valence electrons. The zero-order valence-electron chi connectivity index (χ0n) is 13.7. The maximum absolute atomic E-state index is 11.5. The van der Waals surface area contributed by atoms with Crippen molar-refractivity contribution in [1.82, 2.24) is 15.2 Å². The molecule has 23 heavy (non-hydrogen) atoms. The predicted octanol–water partition coefficient (Wildman–Crippen LogP) is 1.70. The van der Waals surface area contributed by atoms with E-state index in [0.29, 0.717) is 0 Å². The second-order valence-electron chi connectivity index (χ2n) is 5.33. The Hall–Kier alpha value is -1.38. The number of hydrogen-bond donors (Lipinski definition) is 1. The Balaban J connectivity index is 0.00000264. The van der Waals surface area contributed by atoms with E-state index in [1.165, 1.54) is 7.11 Å². The van der Waals surface area contributed by atoms with Crippen molar-refractivity contribution in [2.45, 2.75) is 19.3 Å². The minimum Gasteiger partial charge on any atom is -0.469 e. The summed E-state index contributed by atoms with van der Waals surface area (Å²) in [5.74, 6) is 0.810. The first-order valence-electron chi connectivity index (χ1n) is 7.68. The molecule has 2 rings (SSSR count). The first kappa shape index (κ1) is 19.7. The number of rotatable bonds is 4. The van der Waals surface area contributed by atoms with E-state index in [4.69, 9.17) is 4.74 Å². The van der Waals surface area contributed by atoms with Gasteiger partial charge in [0.1, 0.15) is 0 Å². The van der Waals surface area contributed by atoms with Crippen LogP contribution in [0.4, 0.5) is 0 Å². The van der Waals surface area contributed by atoms with Gasteiger partial charge >= 0.3 is 5.97 Å². The Bertz CT molecular complexity index is 502. The van der Waals surface area contributed by atoms with Crippen LogP contribution in [0, 0.1) is 5.92 Å². The molecule has 0 amide bonds. The normalized spacial score (nSPS) is 15.7. The van der Waals surface area contributed by atoms with Crippen LogP contribution < -0.4 is 5.32 Å². The van der Waals surface area contributed by atoms with Crippen LogP contribution in [0.25, 0.3) is 0 Å². The van der Waals surface area contributed by atoms with Gasteiger partial charge in [-0.1, -0.05) is 6.07 Å². The van der Waals surface area contributed by atoms with E-state index in [2.05, 4.69) is 20.2 Å². The van der Waals surface area contributed by atoms with Crippen molar-refractivity contribution < 1.29 is 9.53 Å². The van der Waals surface area contributed by atoms with E-state index < -0.39 is 0 Å². The molecule has 7 heteroatoms. The predicted molar refractivity (Wildman–Crippen MR) is 101 cm³/mol. The van der Waals surface area contributed by atoms with Gasteiger partial charge in [0.2, 0.25) is 0 Å². The molecule has 1 aromatic heterocycles. The quantitative estimate of drug-likeness (QED) is 0.340. The number of carbonyl (C=O) groups is 1. The number of pyridine rings is 1. The molecule has 2 heterocycles. The molecule has 1 fully saturated rings. The summed E-state index contributed by atoms with van der Waals surface area (Å²) in [6.45, 7) is 2.44. The van der Waals surface area contributed by atoms with Gasteiger partial charge in [0, 0.05) is 45.0 Å². The summed E-state index contributed by atoms with van der Waals surface area (Å²) in [5, 5.41) is 3.37. The molecule has 0 aliphatic carbocycles. The number of aliphatic imine (C=N–C) groups is 1. The van der Waals surface area contributed by atoms with Gasteiger partial charge < -0.3 is 15.0 Å². The zero-order chi connectivity index (χ0) is 15.8. The molecule has 0 spiro atoms. The van der Waals surface area contributed by atoms with Crippen LogP contribution in [-0.4, -0.2) is 55.6 Å². The van der Waals surface area contributed by atoms with Crippen LogP contribution in [0.2, 0.25) is 0 Å². The summed E-state index contributed by atoms with van der Waals surface area (Å²) < 4.78 is 4.82. The summed E-state index contributed by atoms with van der Waals surface area (Å²) in [5.41, 5.74) is 1.06. The van der Waals surface area contributed by atoms with Gasteiger partial charge in [-0.05, 0) is 25.0 Å². The minimum atomic E-state index is -0.0993. The van der Waals surface area contributed by atoms with Crippen LogP contribution in [0.5, 0.6) is 0 Å². The highest BCUT2D eigenvalue weighted by Gasteiger charge is 2.26. The third kappa shape index (κ3) is 5.96. The Labute approximate surface area is 154 Å². The summed E-state index contributed by atoms with van der Waals surface area (Å²) in [4.78, 5) is 22.4. The lowest BCUT2D eigenvalue weighted by atomic mass is 9.97. The monoisotopic (exact) mass is 432 g/mol. The molecule has 0 atom stereocenters. The van der Waals surface area contributed by atoms with Crippen molar-refractivity contribution in [2.24, 2.45) is 10.9 Å². The summed E-state index contributed by atoms with van der Waals surface area (Å²) >= 11 is 0. The van der Waals surface area contributed by atoms with Crippen molar-refractivity contribution in [3.63, 3.8) is 0 Å². The number of methoxy groups -OCH3 is 1. The average molecular weight is 432 g/mol. The van der Waals surface area contributed by atoms with E-state index in [1.807, 2.05) is 24.4 Å².